The third-order valence-electron chi connectivity index (χ3n) is 6.92. The largest absolute Gasteiger partial charge is 0.422 e. The SMILES string of the molecule is Cc1cc2oc(=O)c(CC(=O)Nc3ccc(Cl)cc3C(F)(F)F)c(-c3ccccc3)c2cc1CN1CCOCC1. The molecule has 40 heavy (non-hydrogen) atoms. The van der Waals surface area contributed by atoms with Crippen LogP contribution in [0.2, 0.25) is 5.02 Å². The van der Waals surface area contributed by atoms with Gasteiger partial charge in [-0.1, -0.05) is 41.9 Å². The molecule has 0 unspecified atom stereocenters. The molecule has 0 radical (unpaired) electrons. The fraction of sp³-hybridized carbons (Fsp3) is 0.267. The number of nitrogens with one attached hydrogen (secondary N) is 1. The summed E-state index contributed by atoms with van der Waals surface area (Å²) < 4.78 is 51.9. The molecule has 5 rings (SSSR count). The van der Waals surface area contributed by atoms with E-state index in [9.17, 15) is 22.8 Å². The second-order valence-corrected chi connectivity index (χ2v) is 10.1. The molecule has 0 bridgehead atoms. The molecule has 0 spiro atoms. The Morgan fingerprint density at radius 1 is 1.05 bits per heavy atom. The van der Waals surface area contributed by atoms with Crippen molar-refractivity contribution >= 4 is 34.2 Å². The lowest BCUT2D eigenvalue weighted by atomic mass is 9.93. The molecule has 6 nitrogen and oxygen atoms in total. The number of carbonyl (C=O) groups is 1. The van der Waals surface area contributed by atoms with Crippen molar-refractivity contribution < 1.29 is 27.1 Å². The van der Waals surface area contributed by atoms with Gasteiger partial charge < -0.3 is 14.5 Å². The number of alkyl halides is 3. The van der Waals surface area contributed by atoms with Gasteiger partial charge in [-0.15, -0.1) is 0 Å². The third kappa shape index (κ3) is 6.06. The van der Waals surface area contributed by atoms with Crippen molar-refractivity contribution in [2.75, 3.05) is 31.6 Å². The van der Waals surface area contributed by atoms with Gasteiger partial charge in [0.15, 0.2) is 0 Å². The number of halogens is 4. The fourth-order valence-electron chi connectivity index (χ4n) is 4.91. The van der Waals surface area contributed by atoms with E-state index in [1.54, 1.807) is 0 Å². The Hall–Kier alpha value is -3.66. The van der Waals surface area contributed by atoms with E-state index in [1.807, 2.05) is 49.4 Å². The van der Waals surface area contributed by atoms with Crippen LogP contribution in [0.15, 0.2) is 69.9 Å². The number of carbonyl (C=O) groups excluding carboxylic acids is 1. The van der Waals surface area contributed by atoms with Crippen LogP contribution in [-0.4, -0.2) is 37.1 Å². The number of rotatable bonds is 6. The molecule has 0 atom stereocenters. The van der Waals surface area contributed by atoms with E-state index in [4.69, 9.17) is 20.8 Å². The first-order valence-corrected chi connectivity index (χ1v) is 13.1. The van der Waals surface area contributed by atoms with Crippen LogP contribution in [0.5, 0.6) is 0 Å². The minimum atomic E-state index is -4.74. The number of nitrogens with zero attached hydrogens (tertiary/aromatic N) is 1. The molecule has 1 amide bonds. The van der Waals surface area contributed by atoms with Crippen molar-refractivity contribution in [1.82, 2.24) is 4.90 Å². The minimum Gasteiger partial charge on any atom is -0.422 e. The number of hydrogen-bond donors (Lipinski definition) is 1. The van der Waals surface area contributed by atoms with Crippen LogP contribution in [0.1, 0.15) is 22.3 Å². The zero-order valence-corrected chi connectivity index (χ0v) is 22.4. The number of anilines is 1. The number of aryl methyl sites for hydroxylation is 1. The number of amides is 1. The standard InChI is InChI=1S/C30H26ClF3N2O4/c1-18-13-26-22(14-20(18)17-36-9-11-39-12-10-36)28(19-5-3-2-4-6-19)23(29(38)40-26)16-27(37)35-25-8-7-21(31)15-24(25)30(32,33)34/h2-8,13-15H,9-12,16-17H2,1H3,(H,35,37). The van der Waals surface area contributed by atoms with Crippen LogP contribution < -0.4 is 10.9 Å². The Labute approximate surface area is 233 Å². The highest BCUT2D eigenvalue weighted by molar-refractivity contribution is 6.30. The summed E-state index contributed by atoms with van der Waals surface area (Å²) in [6.07, 6.45) is -5.23. The summed E-state index contributed by atoms with van der Waals surface area (Å²) in [5.41, 5.74) is 1.36. The number of ether oxygens (including phenoxy) is 1. The summed E-state index contributed by atoms with van der Waals surface area (Å²) in [7, 11) is 0. The molecule has 3 aromatic carbocycles. The molecule has 10 heteroatoms. The Morgan fingerprint density at radius 3 is 2.48 bits per heavy atom. The maximum Gasteiger partial charge on any atom is 0.418 e. The van der Waals surface area contributed by atoms with Crippen LogP contribution >= 0.6 is 11.6 Å². The van der Waals surface area contributed by atoms with E-state index in [0.717, 1.165) is 36.3 Å². The van der Waals surface area contributed by atoms with Crippen molar-refractivity contribution in [1.29, 1.82) is 0 Å². The molecule has 208 valence electrons. The van der Waals surface area contributed by atoms with Gasteiger partial charge in [-0.3, -0.25) is 9.69 Å². The Bertz CT molecular complexity index is 1610. The van der Waals surface area contributed by atoms with Crippen LogP contribution in [-0.2, 0) is 28.7 Å². The van der Waals surface area contributed by atoms with Crippen molar-refractivity contribution in [3.8, 4) is 11.1 Å². The van der Waals surface area contributed by atoms with Gasteiger partial charge in [-0.05, 0) is 53.9 Å². The Balaban J connectivity index is 1.58. The van der Waals surface area contributed by atoms with E-state index >= 15 is 0 Å². The average Bonchev–Trinajstić information content (AvgIpc) is 2.91. The predicted octanol–water partition coefficient (Wildman–Crippen LogP) is 6.45. The molecule has 2 heterocycles. The van der Waals surface area contributed by atoms with Crippen LogP contribution in [0.4, 0.5) is 18.9 Å². The number of benzene rings is 3. The van der Waals surface area contributed by atoms with Crippen molar-refractivity contribution in [3.63, 3.8) is 0 Å². The normalized spacial score (nSPS) is 14.4. The second-order valence-electron chi connectivity index (χ2n) is 9.69. The molecule has 1 fully saturated rings. The Morgan fingerprint density at radius 2 is 1.77 bits per heavy atom. The van der Waals surface area contributed by atoms with E-state index in [2.05, 4.69) is 10.2 Å². The highest BCUT2D eigenvalue weighted by Gasteiger charge is 2.34. The summed E-state index contributed by atoms with van der Waals surface area (Å²) in [6.45, 7) is 5.51. The quantitative estimate of drug-likeness (QED) is 0.270. The van der Waals surface area contributed by atoms with E-state index in [-0.39, 0.29) is 10.6 Å². The first-order valence-electron chi connectivity index (χ1n) is 12.7. The smallest absolute Gasteiger partial charge is 0.418 e. The van der Waals surface area contributed by atoms with Crippen LogP contribution in [0, 0.1) is 6.92 Å². The molecular formula is C30H26ClF3N2O4. The molecule has 4 aromatic rings. The van der Waals surface area contributed by atoms with Gasteiger partial charge in [0.05, 0.1) is 36.4 Å². The Kier molecular flexibility index (Phi) is 7.98. The van der Waals surface area contributed by atoms with Gasteiger partial charge in [-0.2, -0.15) is 13.2 Å². The van der Waals surface area contributed by atoms with Gasteiger partial charge >= 0.3 is 11.8 Å². The van der Waals surface area contributed by atoms with Gasteiger partial charge in [0, 0.05) is 35.6 Å². The summed E-state index contributed by atoms with van der Waals surface area (Å²) in [4.78, 5) is 28.6. The first-order chi connectivity index (χ1) is 19.1. The molecule has 1 aromatic heterocycles. The summed E-state index contributed by atoms with van der Waals surface area (Å²) in [5.74, 6) is -0.794. The van der Waals surface area contributed by atoms with Crippen molar-refractivity contribution in [3.05, 3.63) is 98.4 Å². The highest BCUT2D eigenvalue weighted by atomic mass is 35.5. The monoisotopic (exact) mass is 570 g/mol. The average molecular weight is 571 g/mol. The maximum absolute atomic E-state index is 13.6. The molecule has 0 saturated carbocycles. The highest BCUT2D eigenvalue weighted by Crippen LogP contribution is 2.37. The number of morpholine rings is 1. The summed E-state index contributed by atoms with van der Waals surface area (Å²) in [5, 5.41) is 2.83. The van der Waals surface area contributed by atoms with Crippen LogP contribution in [0.25, 0.3) is 22.1 Å². The van der Waals surface area contributed by atoms with Crippen LogP contribution in [0.3, 0.4) is 0 Å². The lowest BCUT2D eigenvalue weighted by molar-refractivity contribution is -0.137. The molecule has 0 aliphatic carbocycles. The number of fused-ring (bicyclic) bond motifs is 1. The summed E-state index contributed by atoms with van der Waals surface area (Å²) in [6, 6.07) is 16.0. The molecule has 1 aliphatic rings. The molecular weight excluding hydrogens is 545 g/mol. The lowest BCUT2D eigenvalue weighted by Gasteiger charge is -2.27. The third-order valence-corrected chi connectivity index (χ3v) is 7.15. The zero-order chi connectivity index (χ0) is 28.4. The molecule has 1 saturated heterocycles. The topological polar surface area (TPSA) is 71.8 Å². The van der Waals surface area contributed by atoms with E-state index < -0.39 is 35.4 Å². The fourth-order valence-corrected chi connectivity index (χ4v) is 5.08. The van der Waals surface area contributed by atoms with E-state index in [1.165, 1.54) is 6.07 Å². The van der Waals surface area contributed by atoms with Gasteiger partial charge in [-0.25, -0.2) is 4.79 Å². The van der Waals surface area contributed by atoms with Crippen molar-refractivity contribution in [2.24, 2.45) is 0 Å². The zero-order valence-electron chi connectivity index (χ0n) is 21.6. The van der Waals surface area contributed by atoms with Gasteiger partial charge in [0.2, 0.25) is 5.91 Å². The van der Waals surface area contributed by atoms with Gasteiger partial charge in [0.25, 0.3) is 0 Å². The minimum absolute atomic E-state index is 0.0555. The summed E-state index contributed by atoms with van der Waals surface area (Å²) >= 11 is 5.76. The second kappa shape index (κ2) is 11.4. The number of hydrogen-bond acceptors (Lipinski definition) is 5. The maximum atomic E-state index is 13.6. The first kappa shape index (κ1) is 27.9. The van der Waals surface area contributed by atoms with Crippen molar-refractivity contribution in [2.45, 2.75) is 26.1 Å². The predicted molar refractivity (Wildman–Crippen MR) is 148 cm³/mol. The van der Waals surface area contributed by atoms with E-state index in [0.29, 0.717) is 41.9 Å². The molecule has 1 aliphatic heterocycles. The lowest BCUT2D eigenvalue weighted by Crippen LogP contribution is -2.35. The van der Waals surface area contributed by atoms with Gasteiger partial charge in [0.1, 0.15) is 5.58 Å². The molecule has 1 N–H and O–H groups in total.